The zero-order valence-electron chi connectivity index (χ0n) is 20.6. The Morgan fingerprint density at radius 1 is 1.00 bits per heavy atom. The molecule has 1 aliphatic carbocycles. The Balaban J connectivity index is 1.22. The summed E-state index contributed by atoms with van der Waals surface area (Å²) in [6, 6.07) is 20.9. The van der Waals surface area contributed by atoms with E-state index in [1.807, 2.05) is 30.8 Å². The average molecular weight is 535 g/mol. The first kappa shape index (κ1) is 24.2. The highest BCUT2D eigenvalue weighted by molar-refractivity contribution is 8.00. The predicted molar refractivity (Wildman–Crippen MR) is 149 cm³/mol. The SMILES string of the molecule is CCOc1ccc(NS(=O)(=O)c2ccc3c(c2)[C@H]2C=CC[C@H]2[C@@H](c2ccc(OC4CSC4)cc2)N3)cc1. The quantitative estimate of drug-likeness (QED) is 0.335. The second-order valence-electron chi connectivity index (χ2n) is 9.63. The van der Waals surface area contributed by atoms with Crippen LogP contribution in [0.4, 0.5) is 11.4 Å². The molecule has 192 valence electrons. The molecule has 2 aliphatic heterocycles. The third kappa shape index (κ3) is 4.92. The number of sulfonamides is 1. The number of hydrogen-bond acceptors (Lipinski definition) is 6. The monoisotopic (exact) mass is 534 g/mol. The first-order valence-corrected chi connectivity index (χ1v) is 15.3. The first-order valence-electron chi connectivity index (χ1n) is 12.7. The van der Waals surface area contributed by atoms with Crippen LogP contribution in [0, 0.1) is 5.92 Å². The zero-order valence-corrected chi connectivity index (χ0v) is 22.2. The number of rotatable bonds is 8. The van der Waals surface area contributed by atoms with Crippen molar-refractivity contribution in [1.29, 1.82) is 0 Å². The van der Waals surface area contributed by atoms with Crippen LogP contribution in [0.2, 0.25) is 0 Å². The standard InChI is InChI=1S/C29H30N2O4S2/c1-2-34-21-12-8-20(9-13-21)31-37(32,33)24-14-15-28-27(16-24)25-4-3-5-26(25)29(30-28)19-6-10-22(11-7-19)35-23-17-36-18-23/h3-4,6-16,23,25-26,29-31H,2,5,17-18H2,1H3/t25-,26+,29+/m0/s1. The lowest BCUT2D eigenvalue weighted by Gasteiger charge is -2.38. The van der Waals surface area contributed by atoms with Crippen LogP contribution in [0.1, 0.15) is 36.4 Å². The lowest BCUT2D eigenvalue weighted by Crippen LogP contribution is -2.31. The molecule has 2 heterocycles. The fraction of sp³-hybridized carbons (Fsp3) is 0.310. The molecule has 6 rings (SSSR count). The molecule has 0 radical (unpaired) electrons. The van der Waals surface area contributed by atoms with Crippen LogP contribution in [-0.2, 0) is 10.0 Å². The van der Waals surface area contributed by atoms with Gasteiger partial charge in [0.2, 0.25) is 0 Å². The summed E-state index contributed by atoms with van der Waals surface area (Å²) < 4.78 is 40.6. The van der Waals surface area contributed by atoms with E-state index in [1.54, 1.807) is 30.3 Å². The number of hydrogen-bond donors (Lipinski definition) is 2. The molecule has 0 bridgehead atoms. The molecule has 2 N–H and O–H groups in total. The van der Waals surface area contributed by atoms with Crippen molar-refractivity contribution in [3.63, 3.8) is 0 Å². The highest BCUT2D eigenvalue weighted by Gasteiger charge is 2.38. The van der Waals surface area contributed by atoms with Crippen molar-refractivity contribution >= 4 is 33.2 Å². The number of thioether (sulfide) groups is 1. The van der Waals surface area contributed by atoms with Crippen LogP contribution in [-0.4, -0.2) is 32.6 Å². The highest BCUT2D eigenvalue weighted by atomic mass is 32.2. The van der Waals surface area contributed by atoms with Crippen LogP contribution >= 0.6 is 11.8 Å². The van der Waals surface area contributed by atoms with E-state index in [4.69, 9.17) is 9.47 Å². The number of ether oxygens (including phenoxy) is 2. The summed E-state index contributed by atoms with van der Waals surface area (Å²) in [7, 11) is -3.74. The predicted octanol–water partition coefficient (Wildman–Crippen LogP) is 6.21. The van der Waals surface area contributed by atoms with Crippen molar-refractivity contribution in [1.82, 2.24) is 0 Å². The molecule has 0 saturated carbocycles. The lowest BCUT2D eigenvalue weighted by atomic mass is 9.77. The van der Waals surface area contributed by atoms with Gasteiger partial charge in [-0.05, 0) is 85.0 Å². The Labute approximate surface area is 222 Å². The summed E-state index contributed by atoms with van der Waals surface area (Å²) in [6.45, 7) is 2.47. The van der Waals surface area contributed by atoms with Gasteiger partial charge in [-0.15, -0.1) is 0 Å². The number of allylic oxidation sites excluding steroid dienone is 2. The largest absolute Gasteiger partial charge is 0.494 e. The Hall–Kier alpha value is -3.10. The van der Waals surface area contributed by atoms with Crippen LogP contribution in [0.3, 0.4) is 0 Å². The molecule has 0 aromatic heterocycles. The molecule has 0 amide bonds. The lowest BCUT2D eigenvalue weighted by molar-refractivity contribution is 0.240. The summed E-state index contributed by atoms with van der Waals surface area (Å²) in [4.78, 5) is 0.259. The summed E-state index contributed by atoms with van der Waals surface area (Å²) in [5.74, 6) is 4.22. The number of fused-ring (bicyclic) bond motifs is 3. The van der Waals surface area contributed by atoms with E-state index in [2.05, 4.69) is 46.5 Å². The van der Waals surface area contributed by atoms with E-state index in [0.29, 0.717) is 30.1 Å². The molecule has 8 heteroatoms. The molecular formula is C29H30N2O4S2. The Morgan fingerprint density at radius 3 is 2.46 bits per heavy atom. The maximum Gasteiger partial charge on any atom is 0.261 e. The van der Waals surface area contributed by atoms with E-state index in [9.17, 15) is 8.42 Å². The number of benzene rings is 3. The van der Waals surface area contributed by atoms with Crippen molar-refractivity contribution in [2.45, 2.75) is 36.3 Å². The van der Waals surface area contributed by atoms with Gasteiger partial charge in [-0.1, -0.05) is 24.3 Å². The summed E-state index contributed by atoms with van der Waals surface area (Å²) in [6.07, 6.45) is 5.71. The van der Waals surface area contributed by atoms with Crippen LogP contribution < -0.4 is 19.5 Å². The minimum atomic E-state index is -3.74. The third-order valence-corrected chi connectivity index (χ3v) is 9.81. The summed E-state index contributed by atoms with van der Waals surface area (Å²) in [5.41, 5.74) is 3.71. The van der Waals surface area contributed by atoms with Crippen molar-refractivity contribution in [2.24, 2.45) is 5.92 Å². The average Bonchev–Trinajstić information content (AvgIpc) is 3.38. The minimum Gasteiger partial charge on any atom is -0.494 e. The van der Waals surface area contributed by atoms with Gasteiger partial charge in [0.05, 0.1) is 17.5 Å². The molecule has 0 spiro atoms. The topological polar surface area (TPSA) is 76.7 Å². The van der Waals surface area contributed by atoms with Gasteiger partial charge in [0, 0.05) is 28.8 Å². The maximum absolute atomic E-state index is 13.2. The fourth-order valence-electron chi connectivity index (χ4n) is 5.30. The van der Waals surface area contributed by atoms with E-state index >= 15 is 0 Å². The van der Waals surface area contributed by atoms with E-state index in [0.717, 1.165) is 34.9 Å². The highest BCUT2D eigenvalue weighted by Crippen LogP contribution is 2.50. The van der Waals surface area contributed by atoms with E-state index < -0.39 is 10.0 Å². The van der Waals surface area contributed by atoms with E-state index in [-0.39, 0.29) is 16.9 Å². The van der Waals surface area contributed by atoms with Gasteiger partial charge in [-0.25, -0.2) is 8.42 Å². The molecular weight excluding hydrogens is 504 g/mol. The van der Waals surface area contributed by atoms with Gasteiger partial charge in [-0.2, -0.15) is 11.8 Å². The Morgan fingerprint density at radius 2 is 1.76 bits per heavy atom. The van der Waals surface area contributed by atoms with Gasteiger partial charge in [0.1, 0.15) is 17.6 Å². The molecule has 3 atom stereocenters. The second kappa shape index (κ2) is 9.99. The van der Waals surface area contributed by atoms with Crippen molar-refractivity contribution in [2.75, 3.05) is 28.2 Å². The van der Waals surface area contributed by atoms with Gasteiger partial charge < -0.3 is 14.8 Å². The third-order valence-electron chi connectivity index (χ3n) is 7.21. The molecule has 3 aromatic rings. The molecule has 1 saturated heterocycles. The van der Waals surface area contributed by atoms with Gasteiger partial charge in [0.15, 0.2) is 0 Å². The molecule has 3 aliphatic rings. The van der Waals surface area contributed by atoms with Crippen molar-refractivity contribution < 1.29 is 17.9 Å². The van der Waals surface area contributed by atoms with Gasteiger partial charge in [0.25, 0.3) is 10.0 Å². The summed E-state index contributed by atoms with van der Waals surface area (Å²) in [5, 5.41) is 3.70. The van der Waals surface area contributed by atoms with Gasteiger partial charge >= 0.3 is 0 Å². The maximum atomic E-state index is 13.2. The van der Waals surface area contributed by atoms with Crippen LogP contribution in [0.15, 0.2) is 83.8 Å². The minimum absolute atomic E-state index is 0.144. The number of nitrogens with one attached hydrogen (secondary N) is 2. The molecule has 3 aromatic carbocycles. The molecule has 0 unspecified atom stereocenters. The van der Waals surface area contributed by atoms with Crippen LogP contribution in [0.25, 0.3) is 0 Å². The van der Waals surface area contributed by atoms with Crippen molar-refractivity contribution in [3.8, 4) is 11.5 Å². The normalized spacial score (nSPS) is 22.4. The smallest absolute Gasteiger partial charge is 0.261 e. The fourth-order valence-corrected chi connectivity index (χ4v) is 6.96. The Bertz CT molecular complexity index is 1400. The van der Waals surface area contributed by atoms with E-state index in [1.165, 1.54) is 5.56 Å². The van der Waals surface area contributed by atoms with Crippen LogP contribution in [0.5, 0.6) is 11.5 Å². The second-order valence-corrected chi connectivity index (χ2v) is 12.4. The first-order chi connectivity index (χ1) is 18.0. The summed E-state index contributed by atoms with van der Waals surface area (Å²) >= 11 is 1.91. The van der Waals surface area contributed by atoms with Gasteiger partial charge in [-0.3, -0.25) is 4.72 Å². The van der Waals surface area contributed by atoms with Crippen molar-refractivity contribution in [3.05, 3.63) is 90.0 Å². The molecule has 1 fully saturated rings. The Kier molecular flexibility index (Phi) is 6.55. The molecule has 6 nitrogen and oxygen atoms in total. The molecule has 37 heavy (non-hydrogen) atoms. The zero-order chi connectivity index (χ0) is 25.4. The number of anilines is 2.